The van der Waals surface area contributed by atoms with Gasteiger partial charge in [-0.15, -0.1) is 0 Å². The van der Waals surface area contributed by atoms with Gasteiger partial charge in [-0.1, -0.05) is 0 Å². The third kappa shape index (κ3) is 3.52. The minimum atomic E-state index is -0.623. The minimum Gasteiger partial charge on any atom is -0.504 e. The highest BCUT2D eigenvalue weighted by molar-refractivity contribution is 5.95. The molecule has 1 amide bonds. The summed E-state index contributed by atoms with van der Waals surface area (Å²) in [6, 6.07) is 2.24. The van der Waals surface area contributed by atoms with Gasteiger partial charge in [-0.05, 0) is 12.1 Å². The van der Waals surface area contributed by atoms with Crippen molar-refractivity contribution >= 4 is 5.91 Å². The molecule has 2 rings (SSSR count). The van der Waals surface area contributed by atoms with Crippen LogP contribution in [-0.2, 0) is 0 Å². The van der Waals surface area contributed by atoms with Crippen LogP contribution in [0.1, 0.15) is 10.4 Å². The first-order valence-corrected chi connectivity index (χ1v) is 6.54. The van der Waals surface area contributed by atoms with E-state index < -0.39 is 23.2 Å². The average Bonchev–Trinajstić information content (AvgIpc) is 2.45. The molecule has 0 radical (unpaired) electrons. The highest BCUT2D eigenvalue weighted by atomic mass is 16.3. The molecule has 110 valence electrons. The number of benzene rings is 1. The van der Waals surface area contributed by atoms with Crippen molar-refractivity contribution in [3.63, 3.8) is 0 Å². The van der Waals surface area contributed by atoms with Crippen LogP contribution in [0.2, 0.25) is 0 Å². The number of rotatable bonds is 4. The molecule has 1 aromatic carbocycles. The number of nitrogens with zero attached hydrogens (tertiary/aromatic N) is 1. The molecule has 0 atom stereocenters. The second-order valence-electron chi connectivity index (χ2n) is 4.71. The molecule has 0 saturated carbocycles. The summed E-state index contributed by atoms with van der Waals surface area (Å²) in [4.78, 5) is 14.1. The number of amides is 1. The summed E-state index contributed by atoms with van der Waals surface area (Å²) in [5.41, 5.74) is 0.109. The Kier molecular flexibility index (Phi) is 4.65. The van der Waals surface area contributed by atoms with Crippen molar-refractivity contribution in [2.45, 2.75) is 0 Å². The van der Waals surface area contributed by atoms with Crippen molar-refractivity contribution in [2.75, 3.05) is 39.3 Å². The van der Waals surface area contributed by atoms with Crippen LogP contribution in [0.5, 0.6) is 17.2 Å². The molecule has 0 spiro atoms. The Morgan fingerprint density at radius 2 is 1.80 bits per heavy atom. The smallest absolute Gasteiger partial charge is 0.251 e. The predicted octanol–water partition coefficient (Wildman–Crippen LogP) is -0.562. The summed E-state index contributed by atoms with van der Waals surface area (Å²) in [7, 11) is 0. The number of hydrogen-bond acceptors (Lipinski definition) is 6. The third-order valence-corrected chi connectivity index (χ3v) is 3.26. The number of carbonyl (C=O) groups excluding carboxylic acids is 1. The predicted molar refractivity (Wildman–Crippen MR) is 73.1 cm³/mol. The number of piperazine rings is 1. The van der Waals surface area contributed by atoms with Crippen LogP contribution in [0.4, 0.5) is 0 Å². The van der Waals surface area contributed by atoms with Crippen molar-refractivity contribution in [1.29, 1.82) is 0 Å². The molecule has 0 aromatic heterocycles. The number of phenols is 3. The number of carbonyl (C=O) groups is 1. The van der Waals surface area contributed by atoms with Crippen LogP contribution in [-0.4, -0.2) is 65.4 Å². The van der Waals surface area contributed by atoms with Gasteiger partial charge in [0.1, 0.15) is 0 Å². The van der Waals surface area contributed by atoms with Crippen molar-refractivity contribution in [1.82, 2.24) is 15.5 Å². The Balaban J connectivity index is 1.85. The SMILES string of the molecule is O=C(NCCN1CCNCC1)c1cc(O)c(O)c(O)c1. The Labute approximate surface area is 116 Å². The molecule has 1 fully saturated rings. The maximum atomic E-state index is 11.9. The quantitative estimate of drug-likeness (QED) is 0.474. The molecule has 0 aliphatic carbocycles. The lowest BCUT2D eigenvalue weighted by atomic mass is 10.1. The molecule has 7 nitrogen and oxygen atoms in total. The zero-order valence-electron chi connectivity index (χ0n) is 11.1. The van der Waals surface area contributed by atoms with Crippen LogP contribution in [0, 0.1) is 0 Å². The molecule has 20 heavy (non-hydrogen) atoms. The average molecular weight is 281 g/mol. The van der Waals surface area contributed by atoms with Crippen LogP contribution in [0.3, 0.4) is 0 Å². The van der Waals surface area contributed by atoms with Gasteiger partial charge in [0.25, 0.3) is 5.91 Å². The second-order valence-corrected chi connectivity index (χ2v) is 4.71. The van der Waals surface area contributed by atoms with E-state index in [-0.39, 0.29) is 5.56 Å². The molecule has 0 unspecified atom stereocenters. The molecule has 7 heteroatoms. The van der Waals surface area contributed by atoms with Crippen LogP contribution in [0.25, 0.3) is 0 Å². The lowest BCUT2D eigenvalue weighted by Crippen LogP contribution is -2.46. The van der Waals surface area contributed by atoms with E-state index in [2.05, 4.69) is 15.5 Å². The van der Waals surface area contributed by atoms with Gasteiger partial charge in [0.15, 0.2) is 17.2 Å². The number of nitrogens with one attached hydrogen (secondary N) is 2. The van der Waals surface area contributed by atoms with E-state index in [0.29, 0.717) is 6.54 Å². The van der Waals surface area contributed by atoms with E-state index in [9.17, 15) is 20.1 Å². The maximum absolute atomic E-state index is 11.9. The first-order valence-electron chi connectivity index (χ1n) is 6.54. The van der Waals surface area contributed by atoms with Gasteiger partial charge in [-0.3, -0.25) is 9.69 Å². The van der Waals surface area contributed by atoms with Gasteiger partial charge >= 0.3 is 0 Å². The van der Waals surface area contributed by atoms with Gasteiger partial charge < -0.3 is 26.0 Å². The summed E-state index contributed by atoms with van der Waals surface area (Å²) in [5.74, 6) is -2.05. The Morgan fingerprint density at radius 3 is 2.40 bits per heavy atom. The summed E-state index contributed by atoms with van der Waals surface area (Å²) < 4.78 is 0. The molecule has 1 aromatic rings. The number of phenolic OH excluding ortho intramolecular Hbond substituents is 3. The molecule has 1 heterocycles. The standard InChI is InChI=1S/C13H19N3O4/c17-10-7-9(8-11(18)12(10)19)13(20)15-3-6-16-4-1-14-2-5-16/h7-8,14,17-19H,1-6H2,(H,15,20). The summed E-state index contributed by atoms with van der Waals surface area (Å²) in [6.45, 7) is 5.05. The minimum absolute atomic E-state index is 0.109. The van der Waals surface area contributed by atoms with Gasteiger partial charge in [-0.25, -0.2) is 0 Å². The molecular weight excluding hydrogens is 262 g/mol. The monoisotopic (exact) mass is 281 g/mol. The van der Waals surface area contributed by atoms with Crippen molar-refractivity contribution in [3.8, 4) is 17.2 Å². The van der Waals surface area contributed by atoms with Crippen LogP contribution in [0.15, 0.2) is 12.1 Å². The normalized spacial score (nSPS) is 16.0. The Bertz CT molecular complexity index is 463. The zero-order valence-corrected chi connectivity index (χ0v) is 11.1. The fourth-order valence-corrected chi connectivity index (χ4v) is 2.10. The lowest BCUT2D eigenvalue weighted by molar-refractivity contribution is 0.0946. The van der Waals surface area contributed by atoms with Gasteiger partial charge in [0, 0.05) is 44.8 Å². The number of hydrogen-bond donors (Lipinski definition) is 5. The maximum Gasteiger partial charge on any atom is 0.251 e. The van der Waals surface area contributed by atoms with E-state index in [1.54, 1.807) is 0 Å². The van der Waals surface area contributed by atoms with Crippen molar-refractivity contribution in [3.05, 3.63) is 17.7 Å². The first kappa shape index (κ1) is 14.4. The summed E-state index contributed by atoms with van der Waals surface area (Å²) >= 11 is 0. The molecule has 1 saturated heterocycles. The van der Waals surface area contributed by atoms with Crippen molar-refractivity contribution in [2.24, 2.45) is 0 Å². The van der Waals surface area contributed by atoms with E-state index in [4.69, 9.17) is 0 Å². The molecule has 0 bridgehead atoms. The van der Waals surface area contributed by atoms with Crippen LogP contribution >= 0.6 is 0 Å². The highest BCUT2D eigenvalue weighted by Gasteiger charge is 2.14. The summed E-state index contributed by atoms with van der Waals surface area (Å²) in [5, 5.41) is 33.9. The molecule has 1 aliphatic rings. The second kappa shape index (κ2) is 6.44. The summed E-state index contributed by atoms with van der Waals surface area (Å²) in [6.07, 6.45) is 0. The lowest BCUT2D eigenvalue weighted by Gasteiger charge is -2.27. The third-order valence-electron chi connectivity index (χ3n) is 3.26. The van der Waals surface area contributed by atoms with E-state index >= 15 is 0 Å². The number of aromatic hydroxyl groups is 3. The van der Waals surface area contributed by atoms with Gasteiger partial charge in [0.2, 0.25) is 0 Å². The Morgan fingerprint density at radius 1 is 1.20 bits per heavy atom. The van der Waals surface area contributed by atoms with Gasteiger partial charge in [0.05, 0.1) is 0 Å². The molecular formula is C13H19N3O4. The fourth-order valence-electron chi connectivity index (χ4n) is 2.10. The van der Waals surface area contributed by atoms with Crippen LogP contribution < -0.4 is 10.6 Å². The van der Waals surface area contributed by atoms with E-state index in [1.165, 1.54) is 0 Å². The molecule has 1 aliphatic heterocycles. The zero-order chi connectivity index (χ0) is 14.5. The van der Waals surface area contributed by atoms with Crippen molar-refractivity contribution < 1.29 is 20.1 Å². The van der Waals surface area contributed by atoms with E-state index in [0.717, 1.165) is 44.9 Å². The largest absolute Gasteiger partial charge is 0.504 e. The first-order chi connectivity index (χ1) is 9.58. The highest BCUT2D eigenvalue weighted by Crippen LogP contribution is 2.35. The molecule has 5 N–H and O–H groups in total. The topological polar surface area (TPSA) is 105 Å². The fraction of sp³-hybridized carbons (Fsp3) is 0.462. The Hall–Kier alpha value is -1.99. The van der Waals surface area contributed by atoms with E-state index in [1.807, 2.05) is 0 Å². The van der Waals surface area contributed by atoms with Gasteiger partial charge in [-0.2, -0.15) is 0 Å².